The number of sulfone groups is 1. The third-order valence-corrected chi connectivity index (χ3v) is 10.4. The van der Waals surface area contributed by atoms with Gasteiger partial charge in [-0.15, -0.1) is 0 Å². The predicted octanol–water partition coefficient (Wildman–Crippen LogP) is 3.02. The largest absolute Gasteiger partial charge is 0.401 e. The van der Waals surface area contributed by atoms with Crippen molar-refractivity contribution in [2.24, 2.45) is 5.41 Å². The summed E-state index contributed by atoms with van der Waals surface area (Å²) in [5.41, 5.74) is -3.25. The Hall–Kier alpha value is -3.33. The highest BCUT2D eigenvalue weighted by atomic mass is 32.2. The van der Waals surface area contributed by atoms with Crippen LogP contribution >= 0.6 is 0 Å². The van der Waals surface area contributed by atoms with E-state index in [1.165, 1.54) is 39.9 Å². The van der Waals surface area contributed by atoms with E-state index in [-0.39, 0.29) is 22.6 Å². The van der Waals surface area contributed by atoms with Crippen LogP contribution in [-0.2, 0) is 20.0 Å². The Morgan fingerprint density at radius 1 is 1.15 bits per heavy atom. The number of benzene rings is 1. The first-order valence-electron chi connectivity index (χ1n) is 12.8. The highest BCUT2D eigenvalue weighted by molar-refractivity contribution is 7.91. The first kappa shape index (κ1) is 27.8. The Morgan fingerprint density at radius 3 is 2.39 bits per heavy atom. The van der Waals surface area contributed by atoms with Gasteiger partial charge in [0.1, 0.15) is 10.8 Å². The van der Waals surface area contributed by atoms with Crippen molar-refractivity contribution in [1.82, 2.24) is 19.9 Å². The number of nitrogens with zero attached hydrogens (tertiary/aromatic N) is 4. The molecule has 2 N–H and O–H groups in total. The molecule has 0 radical (unpaired) electrons. The van der Waals surface area contributed by atoms with Gasteiger partial charge >= 0.3 is 6.18 Å². The van der Waals surface area contributed by atoms with E-state index >= 15 is 8.78 Å². The van der Waals surface area contributed by atoms with Gasteiger partial charge in [-0.1, -0.05) is 12.1 Å². The number of aromatic nitrogens is 3. The van der Waals surface area contributed by atoms with Crippen LogP contribution < -0.4 is 10.2 Å². The van der Waals surface area contributed by atoms with Crippen LogP contribution in [0.3, 0.4) is 0 Å². The minimum absolute atomic E-state index is 0.0822. The van der Waals surface area contributed by atoms with Crippen molar-refractivity contribution in [3.05, 3.63) is 53.5 Å². The summed E-state index contributed by atoms with van der Waals surface area (Å²) in [5.74, 6) is -7.24. The number of carbonyl (C=O) groups excluding carboxylic acids is 1. The van der Waals surface area contributed by atoms with E-state index in [4.69, 9.17) is 0 Å². The second-order valence-corrected chi connectivity index (χ2v) is 13.7. The maximum Gasteiger partial charge on any atom is 0.401 e. The van der Waals surface area contributed by atoms with Crippen LogP contribution in [-0.4, -0.2) is 76.3 Å². The zero-order valence-electron chi connectivity index (χ0n) is 22.1. The smallest absolute Gasteiger partial charge is 0.390 e. The molecule has 41 heavy (non-hydrogen) atoms. The molecule has 2 aromatic heterocycles. The number of anilines is 2. The van der Waals surface area contributed by atoms with Crippen LogP contribution in [0.4, 0.5) is 33.3 Å². The second-order valence-electron chi connectivity index (χ2n) is 11.5. The molecule has 1 amide bonds. The standard InChI is InChI=1S/C26H26F5N5O4S/c1-13-8-19-32-9-17-21(36(19)34-13)23(2,26(29,30)31)12-35(17)15-6-4-14(5-7-15)20-24(3,25(20,27)28)22(38)33-16-10-41(39,40)11-18(16)37/h4-9,16,18,20,37H,10-12H2,1-3H3,(H,33,38)/t16?,18?,20-,23-,24+/m1/s1. The molecule has 2 aliphatic heterocycles. The highest BCUT2D eigenvalue weighted by Crippen LogP contribution is 2.71. The highest BCUT2D eigenvalue weighted by Gasteiger charge is 2.82. The van der Waals surface area contributed by atoms with Crippen molar-refractivity contribution < 1.29 is 40.3 Å². The summed E-state index contributed by atoms with van der Waals surface area (Å²) in [6, 6.07) is 5.90. The Bertz CT molecular complexity index is 1690. The summed E-state index contributed by atoms with van der Waals surface area (Å²) >= 11 is 0. The van der Waals surface area contributed by atoms with E-state index in [2.05, 4.69) is 15.4 Å². The van der Waals surface area contributed by atoms with Gasteiger partial charge in [0.15, 0.2) is 15.5 Å². The number of carbonyl (C=O) groups is 1. The number of aryl methyl sites for hydroxylation is 1. The van der Waals surface area contributed by atoms with Gasteiger partial charge in [0.2, 0.25) is 5.91 Å². The molecule has 3 aromatic rings. The number of amides is 1. The molecular formula is C26H26F5N5O4S. The molecule has 220 valence electrons. The monoisotopic (exact) mass is 599 g/mol. The summed E-state index contributed by atoms with van der Waals surface area (Å²) in [4.78, 5) is 18.6. The Labute approximate surface area is 231 Å². The van der Waals surface area contributed by atoms with E-state index in [1.54, 1.807) is 13.0 Å². The fourth-order valence-corrected chi connectivity index (χ4v) is 7.91. The van der Waals surface area contributed by atoms with Gasteiger partial charge in [0.25, 0.3) is 5.92 Å². The van der Waals surface area contributed by atoms with Crippen LogP contribution in [0.2, 0.25) is 0 Å². The zero-order chi connectivity index (χ0) is 29.9. The maximum absolute atomic E-state index is 15.1. The van der Waals surface area contributed by atoms with Crippen molar-refractivity contribution >= 4 is 32.8 Å². The lowest BCUT2D eigenvalue weighted by Gasteiger charge is -2.28. The molecular weight excluding hydrogens is 573 g/mol. The Balaban J connectivity index is 1.30. The van der Waals surface area contributed by atoms with Crippen molar-refractivity contribution in [1.29, 1.82) is 0 Å². The molecule has 2 fully saturated rings. The molecule has 2 unspecified atom stereocenters. The van der Waals surface area contributed by atoms with Crippen LogP contribution in [0.1, 0.15) is 36.7 Å². The summed E-state index contributed by atoms with van der Waals surface area (Å²) in [7, 11) is -3.61. The van der Waals surface area contributed by atoms with Gasteiger partial charge in [-0.2, -0.15) is 18.3 Å². The second kappa shape index (κ2) is 8.37. The predicted molar refractivity (Wildman–Crippen MR) is 137 cm³/mol. The molecule has 1 aliphatic carbocycles. The molecule has 5 atom stereocenters. The number of fused-ring (bicyclic) bond motifs is 3. The van der Waals surface area contributed by atoms with Gasteiger partial charge in [-0.25, -0.2) is 26.7 Å². The first-order valence-corrected chi connectivity index (χ1v) is 14.6. The van der Waals surface area contributed by atoms with E-state index in [0.29, 0.717) is 11.4 Å². The SMILES string of the molecule is Cc1cc2ncc3c(n2n1)[C@](C)(C(F)(F)F)CN3c1ccc([C@H]2C(F)(F)[C@]2(C)C(=O)NC2CS(=O)(=O)CC2O)cc1. The number of alkyl halides is 5. The molecule has 15 heteroatoms. The third kappa shape index (κ3) is 3.87. The number of rotatable bonds is 4. The van der Waals surface area contributed by atoms with Crippen molar-refractivity contribution in [2.45, 2.75) is 56.3 Å². The molecule has 9 nitrogen and oxygen atoms in total. The van der Waals surface area contributed by atoms with Crippen molar-refractivity contribution in [2.75, 3.05) is 23.0 Å². The summed E-state index contributed by atoms with van der Waals surface area (Å²) in [6.45, 7) is 3.30. The van der Waals surface area contributed by atoms with Gasteiger partial charge in [0.05, 0.1) is 52.8 Å². The summed E-state index contributed by atoms with van der Waals surface area (Å²) in [6.07, 6.45) is -4.70. The molecule has 3 aliphatic rings. The van der Waals surface area contributed by atoms with Gasteiger partial charge in [-0.05, 0) is 38.5 Å². The topological polar surface area (TPSA) is 117 Å². The molecule has 1 saturated heterocycles. The van der Waals surface area contributed by atoms with Crippen molar-refractivity contribution in [3.63, 3.8) is 0 Å². The average molecular weight is 600 g/mol. The molecule has 1 saturated carbocycles. The Kier molecular flexibility index (Phi) is 5.68. The molecule has 0 bridgehead atoms. The maximum atomic E-state index is 15.1. The number of hydrogen-bond donors (Lipinski definition) is 2. The fraction of sp³-hybridized carbons (Fsp3) is 0.500. The molecule has 1 aromatic carbocycles. The van der Waals surface area contributed by atoms with Gasteiger partial charge in [-0.3, -0.25) is 4.79 Å². The lowest BCUT2D eigenvalue weighted by Crippen LogP contribution is -2.46. The van der Waals surface area contributed by atoms with Crippen molar-refractivity contribution in [3.8, 4) is 0 Å². The minimum Gasteiger partial charge on any atom is -0.390 e. The van der Waals surface area contributed by atoms with Crippen LogP contribution in [0.5, 0.6) is 0 Å². The van der Waals surface area contributed by atoms with Gasteiger partial charge in [0, 0.05) is 18.3 Å². The quantitative estimate of drug-likeness (QED) is 0.443. The van der Waals surface area contributed by atoms with Crippen LogP contribution in [0.25, 0.3) is 5.65 Å². The van der Waals surface area contributed by atoms with Crippen LogP contribution in [0, 0.1) is 12.3 Å². The average Bonchev–Trinajstić information content (AvgIpc) is 3.23. The number of aliphatic hydroxyl groups is 1. The minimum atomic E-state index is -4.64. The number of hydrogen-bond acceptors (Lipinski definition) is 7. The van der Waals surface area contributed by atoms with E-state index in [0.717, 1.165) is 13.8 Å². The van der Waals surface area contributed by atoms with E-state index in [1.807, 2.05) is 0 Å². The Morgan fingerprint density at radius 2 is 1.80 bits per heavy atom. The van der Waals surface area contributed by atoms with E-state index in [9.17, 15) is 31.5 Å². The first-order chi connectivity index (χ1) is 18.9. The molecule has 4 heterocycles. The summed E-state index contributed by atoms with van der Waals surface area (Å²) in [5, 5.41) is 16.4. The zero-order valence-corrected chi connectivity index (χ0v) is 22.9. The number of halogens is 5. The van der Waals surface area contributed by atoms with Gasteiger partial charge < -0.3 is 15.3 Å². The molecule has 0 spiro atoms. The van der Waals surface area contributed by atoms with E-state index < -0.39 is 74.8 Å². The van der Waals surface area contributed by atoms with Crippen LogP contribution in [0.15, 0.2) is 36.5 Å². The number of aliphatic hydroxyl groups excluding tert-OH is 1. The lowest BCUT2D eigenvalue weighted by atomic mass is 9.87. The number of nitrogens with one attached hydrogen (secondary N) is 1. The summed E-state index contributed by atoms with van der Waals surface area (Å²) < 4.78 is 98.2. The normalized spacial score (nSPS) is 31.8. The third-order valence-electron chi connectivity index (χ3n) is 8.70. The fourth-order valence-electron chi connectivity index (χ4n) is 6.17. The molecule has 6 rings (SSSR count). The lowest BCUT2D eigenvalue weighted by molar-refractivity contribution is -0.181.